The van der Waals surface area contributed by atoms with Crippen molar-refractivity contribution in [3.05, 3.63) is 29.3 Å². The van der Waals surface area contributed by atoms with Crippen LogP contribution in [0.5, 0.6) is 5.75 Å². The van der Waals surface area contributed by atoms with Crippen LogP contribution in [0.2, 0.25) is 0 Å². The molecule has 0 aromatic heterocycles. The fraction of sp³-hybridized carbons (Fsp3) is 0.500. The number of aryl methyl sites for hydroxylation is 1. The van der Waals surface area contributed by atoms with Gasteiger partial charge in [0.1, 0.15) is 12.4 Å². The van der Waals surface area contributed by atoms with E-state index in [1.54, 1.807) is 0 Å². The lowest BCUT2D eigenvalue weighted by molar-refractivity contribution is 0.242. The molecule has 1 N–H and O–H groups in total. The van der Waals surface area contributed by atoms with Crippen molar-refractivity contribution in [1.29, 1.82) is 0 Å². The summed E-state index contributed by atoms with van der Waals surface area (Å²) in [4.78, 5) is 0. The number of hydrogen-bond donors (Lipinski definition) is 1. The first-order valence-corrected chi connectivity index (χ1v) is 6.25. The maximum absolute atomic E-state index is 8.65. The van der Waals surface area contributed by atoms with Crippen LogP contribution in [0.4, 0.5) is 0 Å². The van der Waals surface area contributed by atoms with E-state index in [-0.39, 0.29) is 6.61 Å². The Kier molecular flexibility index (Phi) is 5.25. The molecule has 0 saturated heterocycles. The average molecular weight is 246 g/mol. The van der Waals surface area contributed by atoms with Gasteiger partial charge in [-0.25, -0.2) is 0 Å². The molecule has 0 aliphatic heterocycles. The summed E-state index contributed by atoms with van der Waals surface area (Å²) >= 11 is 0. The number of aliphatic hydroxyl groups excluding tert-OH is 1. The second-order valence-corrected chi connectivity index (χ2v) is 5.60. The number of hydrogen-bond acceptors (Lipinski definition) is 2. The van der Waals surface area contributed by atoms with Crippen molar-refractivity contribution in [2.45, 2.75) is 34.1 Å². The van der Waals surface area contributed by atoms with Crippen LogP contribution in [-0.4, -0.2) is 18.3 Å². The van der Waals surface area contributed by atoms with E-state index in [1.165, 1.54) is 0 Å². The van der Waals surface area contributed by atoms with Crippen LogP contribution < -0.4 is 4.74 Å². The average Bonchev–Trinajstić information content (AvgIpc) is 2.27. The molecule has 98 valence electrons. The van der Waals surface area contributed by atoms with Gasteiger partial charge in [0.05, 0.1) is 6.61 Å². The molecule has 0 radical (unpaired) electrons. The van der Waals surface area contributed by atoms with Crippen molar-refractivity contribution < 1.29 is 9.84 Å². The van der Waals surface area contributed by atoms with Crippen molar-refractivity contribution in [3.63, 3.8) is 0 Å². The summed E-state index contributed by atoms with van der Waals surface area (Å²) in [7, 11) is 0. The van der Waals surface area contributed by atoms with E-state index in [9.17, 15) is 0 Å². The lowest BCUT2D eigenvalue weighted by Crippen LogP contribution is -2.11. The van der Waals surface area contributed by atoms with Gasteiger partial charge < -0.3 is 9.84 Å². The Labute approximate surface area is 110 Å². The molecule has 0 atom stereocenters. The van der Waals surface area contributed by atoms with Crippen LogP contribution in [0.1, 0.15) is 38.3 Å². The molecule has 2 nitrogen and oxygen atoms in total. The predicted octanol–water partition coefficient (Wildman–Crippen LogP) is 3.15. The van der Waals surface area contributed by atoms with E-state index >= 15 is 0 Å². The van der Waals surface area contributed by atoms with Crippen LogP contribution in [0.25, 0.3) is 0 Å². The summed E-state index contributed by atoms with van der Waals surface area (Å²) in [6, 6.07) is 5.84. The number of rotatable bonds is 3. The number of aliphatic hydroxyl groups is 1. The molecule has 0 saturated carbocycles. The minimum absolute atomic E-state index is 0.108. The summed E-state index contributed by atoms with van der Waals surface area (Å²) in [6.45, 7) is 9.25. The molecule has 0 aliphatic carbocycles. The zero-order chi connectivity index (χ0) is 13.6. The summed E-state index contributed by atoms with van der Waals surface area (Å²) in [6.07, 6.45) is 1.03. The van der Waals surface area contributed by atoms with E-state index in [0.29, 0.717) is 5.41 Å². The first-order chi connectivity index (χ1) is 8.42. The highest BCUT2D eigenvalue weighted by Crippen LogP contribution is 2.22. The summed E-state index contributed by atoms with van der Waals surface area (Å²) in [5.41, 5.74) is 2.28. The van der Waals surface area contributed by atoms with Gasteiger partial charge in [0.2, 0.25) is 0 Å². The summed E-state index contributed by atoms with van der Waals surface area (Å²) in [5, 5.41) is 8.65. The van der Waals surface area contributed by atoms with Crippen LogP contribution in [-0.2, 0) is 0 Å². The minimum Gasteiger partial charge on any atom is -0.493 e. The van der Waals surface area contributed by atoms with Crippen molar-refractivity contribution in [1.82, 2.24) is 0 Å². The maximum atomic E-state index is 8.65. The second kappa shape index (κ2) is 6.47. The first-order valence-electron chi connectivity index (χ1n) is 6.25. The molecule has 0 aliphatic rings. The fourth-order valence-corrected chi connectivity index (χ4v) is 1.50. The predicted molar refractivity (Wildman–Crippen MR) is 74.7 cm³/mol. The first kappa shape index (κ1) is 14.6. The van der Waals surface area contributed by atoms with Crippen molar-refractivity contribution >= 4 is 0 Å². The third kappa shape index (κ3) is 5.25. The van der Waals surface area contributed by atoms with E-state index in [0.717, 1.165) is 29.9 Å². The zero-order valence-electron chi connectivity index (χ0n) is 11.7. The van der Waals surface area contributed by atoms with Crippen LogP contribution in [0.3, 0.4) is 0 Å². The topological polar surface area (TPSA) is 29.5 Å². The van der Waals surface area contributed by atoms with Crippen molar-refractivity contribution in [2.75, 3.05) is 13.2 Å². The Balaban J connectivity index is 2.63. The fourth-order valence-electron chi connectivity index (χ4n) is 1.50. The third-order valence-corrected chi connectivity index (χ3v) is 2.60. The third-order valence-electron chi connectivity index (χ3n) is 2.60. The van der Waals surface area contributed by atoms with Crippen LogP contribution in [0, 0.1) is 24.2 Å². The molecule has 1 aromatic rings. The molecule has 2 heteroatoms. The van der Waals surface area contributed by atoms with Gasteiger partial charge in [0.15, 0.2) is 0 Å². The van der Waals surface area contributed by atoms with E-state index in [2.05, 4.69) is 32.6 Å². The van der Waals surface area contributed by atoms with Gasteiger partial charge in [-0.2, -0.15) is 0 Å². The molecule has 0 unspecified atom stereocenters. The Hall–Kier alpha value is -1.46. The Morgan fingerprint density at radius 3 is 2.56 bits per heavy atom. The molecule has 0 fully saturated rings. The highest BCUT2D eigenvalue weighted by molar-refractivity contribution is 5.43. The maximum Gasteiger partial charge on any atom is 0.122 e. The van der Waals surface area contributed by atoms with Crippen LogP contribution in [0.15, 0.2) is 18.2 Å². The lowest BCUT2D eigenvalue weighted by Gasteiger charge is -2.18. The van der Waals surface area contributed by atoms with Crippen molar-refractivity contribution in [3.8, 4) is 17.6 Å². The largest absolute Gasteiger partial charge is 0.493 e. The van der Waals surface area contributed by atoms with Gasteiger partial charge in [-0.3, -0.25) is 0 Å². The van der Waals surface area contributed by atoms with Gasteiger partial charge in [-0.15, -0.1) is 0 Å². The Bertz CT molecular complexity index is 444. The zero-order valence-corrected chi connectivity index (χ0v) is 11.7. The quantitative estimate of drug-likeness (QED) is 0.830. The summed E-state index contributed by atoms with van der Waals surface area (Å²) < 4.78 is 5.77. The van der Waals surface area contributed by atoms with E-state index in [1.807, 2.05) is 25.1 Å². The molecule has 0 spiro atoms. The molecular weight excluding hydrogens is 224 g/mol. The van der Waals surface area contributed by atoms with Gasteiger partial charge in [0.25, 0.3) is 0 Å². The number of ether oxygens (including phenoxy) is 1. The normalized spacial score (nSPS) is 10.7. The van der Waals surface area contributed by atoms with Crippen molar-refractivity contribution in [2.24, 2.45) is 5.41 Å². The standard InChI is InChI=1S/C16H22O2/c1-13-12-14(6-5-10-17)7-8-15(13)18-11-9-16(2,3)4/h7-8,12,17H,9-11H2,1-4H3. The smallest absolute Gasteiger partial charge is 0.122 e. The highest BCUT2D eigenvalue weighted by atomic mass is 16.5. The van der Waals surface area contributed by atoms with Gasteiger partial charge in [0, 0.05) is 5.56 Å². The monoisotopic (exact) mass is 246 g/mol. The van der Waals surface area contributed by atoms with Gasteiger partial charge in [-0.1, -0.05) is 32.6 Å². The molecule has 0 heterocycles. The Morgan fingerprint density at radius 1 is 1.28 bits per heavy atom. The van der Waals surface area contributed by atoms with Crippen LogP contribution >= 0.6 is 0 Å². The minimum atomic E-state index is -0.108. The summed E-state index contributed by atoms with van der Waals surface area (Å²) in [5.74, 6) is 6.44. The lowest BCUT2D eigenvalue weighted by atomic mass is 9.93. The molecule has 18 heavy (non-hydrogen) atoms. The number of benzene rings is 1. The molecule has 1 aromatic carbocycles. The molecular formula is C16H22O2. The molecule has 0 bridgehead atoms. The van der Waals surface area contributed by atoms with E-state index < -0.39 is 0 Å². The molecule has 0 amide bonds. The molecule has 1 rings (SSSR count). The SMILES string of the molecule is Cc1cc(C#CCO)ccc1OCCC(C)(C)C. The van der Waals surface area contributed by atoms with Gasteiger partial charge >= 0.3 is 0 Å². The Morgan fingerprint density at radius 2 is 2.00 bits per heavy atom. The second-order valence-electron chi connectivity index (χ2n) is 5.60. The highest BCUT2D eigenvalue weighted by Gasteiger charge is 2.10. The van der Waals surface area contributed by atoms with E-state index in [4.69, 9.17) is 9.84 Å². The van der Waals surface area contributed by atoms with Gasteiger partial charge in [-0.05, 0) is 42.5 Å².